The van der Waals surface area contributed by atoms with Crippen LogP contribution in [0.2, 0.25) is 5.02 Å². The van der Waals surface area contributed by atoms with Gasteiger partial charge in [0.1, 0.15) is 11.5 Å². The summed E-state index contributed by atoms with van der Waals surface area (Å²) in [4.78, 5) is 16.3. The van der Waals surface area contributed by atoms with Crippen molar-refractivity contribution in [2.75, 3.05) is 0 Å². The predicted octanol–water partition coefficient (Wildman–Crippen LogP) is 5.30. The van der Waals surface area contributed by atoms with Crippen LogP contribution >= 0.6 is 11.6 Å². The summed E-state index contributed by atoms with van der Waals surface area (Å²) in [7, 11) is 0. The average Bonchev–Trinajstić information content (AvgIpc) is 2.67. The van der Waals surface area contributed by atoms with Crippen LogP contribution in [0, 0.1) is 5.82 Å². The van der Waals surface area contributed by atoms with E-state index in [1.165, 1.54) is 12.1 Å². The van der Waals surface area contributed by atoms with Gasteiger partial charge in [-0.3, -0.25) is 4.79 Å². The minimum absolute atomic E-state index is 0.0594. The first-order valence-electron chi connectivity index (χ1n) is 9.21. The number of benzene rings is 1. The Hall–Kier alpha value is -2.33. The van der Waals surface area contributed by atoms with Gasteiger partial charge in [-0.1, -0.05) is 23.7 Å². The molecular formula is C20H17ClF6N2O2. The molecule has 11 heteroatoms. The van der Waals surface area contributed by atoms with Gasteiger partial charge in [-0.25, -0.2) is 18.2 Å². The van der Waals surface area contributed by atoms with Crippen LogP contribution in [0.5, 0.6) is 0 Å². The van der Waals surface area contributed by atoms with Crippen molar-refractivity contribution in [1.82, 2.24) is 10.3 Å². The third kappa shape index (κ3) is 5.12. The molecule has 0 bridgehead atoms. The molecule has 1 atom stereocenters. The summed E-state index contributed by atoms with van der Waals surface area (Å²) in [5, 5.41) is 12.4. The van der Waals surface area contributed by atoms with Gasteiger partial charge < -0.3 is 10.4 Å². The number of nitrogens with zero attached hydrogens (tertiary/aromatic N) is 1. The molecule has 0 spiro atoms. The number of hydrogen-bond donors (Lipinski definition) is 2. The van der Waals surface area contributed by atoms with Gasteiger partial charge in [-0.2, -0.15) is 13.2 Å². The lowest BCUT2D eigenvalue weighted by atomic mass is 9.75. The number of halogens is 7. The lowest BCUT2D eigenvalue weighted by Gasteiger charge is -2.42. The van der Waals surface area contributed by atoms with Crippen molar-refractivity contribution >= 4 is 17.5 Å². The van der Waals surface area contributed by atoms with Crippen molar-refractivity contribution in [2.24, 2.45) is 0 Å². The standard InChI is InChI=1S/C20H17ClF6N2O2/c21-14-13(20(25,26)27)4-9-28-15(14)17(30)29-16(11-2-1-3-12(22)10-11)18(31)5-7-19(23,24)8-6-18/h1-4,9-10,16,31H,5-8H2,(H,29,30)/t16-/m0/s1. The minimum atomic E-state index is -4.84. The molecule has 0 unspecified atom stereocenters. The van der Waals surface area contributed by atoms with Crippen molar-refractivity contribution in [3.8, 4) is 0 Å². The molecule has 1 heterocycles. The van der Waals surface area contributed by atoms with Gasteiger partial charge in [-0.05, 0) is 36.6 Å². The molecule has 31 heavy (non-hydrogen) atoms. The first-order chi connectivity index (χ1) is 14.3. The molecule has 1 amide bonds. The van der Waals surface area contributed by atoms with E-state index in [0.29, 0.717) is 6.07 Å². The summed E-state index contributed by atoms with van der Waals surface area (Å²) in [6.07, 6.45) is -6.29. The van der Waals surface area contributed by atoms with E-state index in [1.54, 1.807) is 0 Å². The van der Waals surface area contributed by atoms with E-state index in [4.69, 9.17) is 11.6 Å². The third-order valence-electron chi connectivity index (χ3n) is 5.25. The summed E-state index contributed by atoms with van der Waals surface area (Å²) in [5.41, 5.74) is -3.88. The summed E-state index contributed by atoms with van der Waals surface area (Å²) < 4.78 is 80.3. The zero-order chi connectivity index (χ0) is 23.0. The van der Waals surface area contributed by atoms with Crippen molar-refractivity contribution in [2.45, 2.75) is 49.4 Å². The highest BCUT2D eigenvalue weighted by Gasteiger charge is 2.48. The first kappa shape index (κ1) is 23.3. The molecule has 1 aliphatic carbocycles. The Morgan fingerprint density at radius 1 is 1.16 bits per heavy atom. The second-order valence-electron chi connectivity index (χ2n) is 7.44. The van der Waals surface area contributed by atoms with Crippen LogP contribution in [-0.2, 0) is 6.18 Å². The summed E-state index contributed by atoms with van der Waals surface area (Å²) in [6, 6.07) is 3.96. The largest absolute Gasteiger partial charge is 0.417 e. The topological polar surface area (TPSA) is 62.2 Å². The average molecular weight is 467 g/mol. The highest BCUT2D eigenvalue weighted by atomic mass is 35.5. The van der Waals surface area contributed by atoms with E-state index in [-0.39, 0.29) is 5.56 Å². The van der Waals surface area contributed by atoms with Crippen LogP contribution in [-0.4, -0.2) is 27.5 Å². The molecule has 2 N–H and O–H groups in total. The fourth-order valence-corrected chi connectivity index (χ4v) is 3.88. The van der Waals surface area contributed by atoms with Crippen LogP contribution in [0.25, 0.3) is 0 Å². The first-order valence-corrected chi connectivity index (χ1v) is 9.58. The normalized spacial score (nSPS) is 19.0. The molecule has 1 aromatic carbocycles. The van der Waals surface area contributed by atoms with Gasteiger partial charge in [0.15, 0.2) is 0 Å². The molecule has 4 nitrogen and oxygen atoms in total. The maximum Gasteiger partial charge on any atom is 0.417 e. The van der Waals surface area contributed by atoms with Crippen molar-refractivity contribution < 1.29 is 36.2 Å². The molecule has 1 aromatic heterocycles. The van der Waals surface area contributed by atoms with Crippen molar-refractivity contribution in [3.63, 3.8) is 0 Å². The van der Waals surface area contributed by atoms with Gasteiger partial charge >= 0.3 is 6.18 Å². The molecular weight excluding hydrogens is 450 g/mol. The fourth-order valence-electron chi connectivity index (χ4n) is 3.57. The third-order valence-corrected chi connectivity index (χ3v) is 5.63. The number of alkyl halides is 5. The van der Waals surface area contributed by atoms with Gasteiger partial charge in [0.25, 0.3) is 5.91 Å². The van der Waals surface area contributed by atoms with Gasteiger partial charge in [0, 0.05) is 19.0 Å². The van der Waals surface area contributed by atoms with Gasteiger partial charge in [0.05, 0.1) is 22.2 Å². The van der Waals surface area contributed by atoms with Crippen LogP contribution in [0.3, 0.4) is 0 Å². The molecule has 1 fully saturated rings. The number of carbonyl (C=O) groups excluding carboxylic acids is 1. The molecule has 1 saturated carbocycles. The minimum Gasteiger partial charge on any atom is -0.387 e. The van der Waals surface area contributed by atoms with Crippen molar-refractivity contribution in [3.05, 3.63) is 64.2 Å². The fraction of sp³-hybridized carbons (Fsp3) is 0.400. The number of nitrogens with one attached hydrogen (secondary N) is 1. The monoisotopic (exact) mass is 466 g/mol. The predicted molar refractivity (Wildman–Crippen MR) is 99.2 cm³/mol. The van der Waals surface area contributed by atoms with E-state index >= 15 is 0 Å². The summed E-state index contributed by atoms with van der Waals surface area (Å²) in [5.74, 6) is -4.89. The number of aromatic nitrogens is 1. The highest BCUT2D eigenvalue weighted by Crippen LogP contribution is 2.44. The molecule has 3 rings (SSSR count). The zero-order valence-electron chi connectivity index (χ0n) is 15.8. The van der Waals surface area contributed by atoms with Crippen LogP contribution in [0.15, 0.2) is 36.5 Å². The smallest absolute Gasteiger partial charge is 0.387 e. The SMILES string of the molecule is O=C(N[C@@H](c1cccc(F)c1)C1(O)CCC(F)(F)CC1)c1nccc(C(F)(F)F)c1Cl. The maximum atomic E-state index is 13.8. The number of carbonyl (C=O) groups is 1. The maximum absolute atomic E-state index is 13.8. The Morgan fingerprint density at radius 2 is 1.81 bits per heavy atom. The van der Waals surface area contributed by atoms with Crippen LogP contribution in [0.1, 0.15) is 53.3 Å². The second kappa shape index (κ2) is 8.31. The lowest BCUT2D eigenvalue weighted by Crippen LogP contribution is -2.50. The number of hydrogen-bond acceptors (Lipinski definition) is 3. The molecule has 2 aromatic rings. The number of amides is 1. The molecule has 0 saturated heterocycles. The number of pyridine rings is 1. The van der Waals surface area contributed by atoms with Crippen LogP contribution in [0.4, 0.5) is 26.3 Å². The second-order valence-corrected chi connectivity index (χ2v) is 7.82. The van der Waals surface area contributed by atoms with E-state index < -0.39 is 77.4 Å². The van der Waals surface area contributed by atoms with Crippen LogP contribution < -0.4 is 5.32 Å². The Labute approximate surface area is 178 Å². The van der Waals surface area contributed by atoms with E-state index in [0.717, 1.165) is 18.3 Å². The summed E-state index contributed by atoms with van der Waals surface area (Å²) in [6.45, 7) is 0. The molecule has 1 aliphatic rings. The van der Waals surface area contributed by atoms with Gasteiger partial charge in [0.2, 0.25) is 5.92 Å². The summed E-state index contributed by atoms with van der Waals surface area (Å²) >= 11 is 5.74. The Morgan fingerprint density at radius 3 is 2.39 bits per heavy atom. The number of rotatable bonds is 4. The molecule has 0 radical (unpaired) electrons. The Kier molecular flexibility index (Phi) is 6.25. The quantitative estimate of drug-likeness (QED) is 0.601. The van der Waals surface area contributed by atoms with Gasteiger partial charge in [-0.15, -0.1) is 0 Å². The zero-order valence-corrected chi connectivity index (χ0v) is 16.6. The Bertz CT molecular complexity index is 972. The lowest BCUT2D eigenvalue weighted by molar-refractivity contribution is -0.137. The molecule has 168 valence electrons. The molecule has 0 aliphatic heterocycles. The number of aliphatic hydroxyl groups is 1. The van der Waals surface area contributed by atoms with Crippen molar-refractivity contribution in [1.29, 1.82) is 0 Å². The van der Waals surface area contributed by atoms with E-state index in [2.05, 4.69) is 10.3 Å². The Balaban J connectivity index is 1.97. The highest BCUT2D eigenvalue weighted by molar-refractivity contribution is 6.34. The van der Waals surface area contributed by atoms with E-state index in [1.807, 2.05) is 0 Å². The van der Waals surface area contributed by atoms with E-state index in [9.17, 15) is 36.2 Å².